The first-order valence-electron chi connectivity index (χ1n) is 1.02. The van der Waals surface area contributed by atoms with Crippen molar-refractivity contribution in [3.63, 3.8) is 0 Å². The molecule has 0 saturated heterocycles. The van der Waals surface area contributed by atoms with Crippen LogP contribution in [-0.2, 0) is 0 Å². The normalized spacial score (nSPS) is 2.25. The lowest BCUT2D eigenvalue weighted by molar-refractivity contribution is 0.318. The van der Waals surface area contributed by atoms with Crippen LogP contribution < -0.4 is 0 Å². The molecule has 0 fully saturated rings. The Morgan fingerprint density at radius 1 is 1.00 bits per heavy atom. The molecule has 0 aromatic rings. The van der Waals surface area contributed by atoms with E-state index in [-0.39, 0.29) is 33.8 Å². The summed E-state index contributed by atoms with van der Waals surface area (Å²) in [5.74, 6) is 0. The Morgan fingerprint density at radius 3 is 1.00 bits per heavy atom. The SMILES string of the molecule is B.CCO.F.F.F.F. The lowest BCUT2D eigenvalue weighted by atomic mass is 10.8. The third-order valence-corrected chi connectivity index (χ3v) is 0. The summed E-state index contributed by atoms with van der Waals surface area (Å²) in [7, 11) is 0. The molecule has 0 aromatic heterocycles. The molecular weight excluding hydrogens is 127 g/mol. The highest BCUT2D eigenvalue weighted by molar-refractivity contribution is 5.75. The van der Waals surface area contributed by atoms with Gasteiger partial charge in [0, 0.05) is 6.61 Å². The van der Waals surface area contributed by atoms with Gasteiger partial charge in [0.15, 0.2) is 0 Å². The van der Waals surface area contributed by atoms with E-state index in [1.54, 1.807) is 6.92 Å². The summed E-state index contributed by atoms with van der Waals surface area (Å²) in [5.41, 5.74) is 0. The van der Waals surface area contributed by atoms with Crippen LogP contribution in [0, 0.1) is 0 Å². The maximum absolute atomic E-state index is 7.57. The molecule has 58 valence electrons. The zero-order valence-corrected chi connectivity index (χ0v) is 3.79. The lowest BCUT2D eigenvalue weighted by Gasteiger charge is -1.52. The summed E-state index contributed by atoms with van der Waals surface area (Å²) >= 11 is 0. The Kier molecular flexibility index (Phi) is 5800. The number of halogens is 4. The van der Waals surface area contributed by atoms with E-state index in [4.69, 9.17) is 5.11 Å². The molecule has 0 bridgehead atoms. The first-order valence-corrected chi connectivity index (χ1v) is 1.02. The summed E-state index contributed by atoms with van der Waals surface area (Å²) in [5, 5.41) is 7.57. The summed E-state index contributed by atoms with van der Waals surface area (Å²) in [6.07, 6.45) is 0. The molecule has 0 aliphatic rings. The molecular formula is C2H13BF4O. The fourth-order valence-corrected chi connectivity index (χ4v) is 0. The molecule has 1 N–H and O–H groups in total. The molecule has 0 unspecified atom stereocenters. The van der Waals surface area contributed by atoms with Crippen molar-refractivity contribution in [1.82, 2.24) is 0 Å². The van der Waals surface area contributed by atoms with Gasteiger partial charge in [0.05, 0.1) is 8.41 Å². The molecule has 0 saturated carbocycles. The van der Waals surface area contributed by atoms with Crippen LogP contribution in [0.4, 0.5) is 18.8 Å². The molecule has 0 heterocycles. The minimum atomic E-state index is 0. The van der Waals surface area contributed by atoms with Gasteiger partial charge in [-0.05, 0) is 6.92 Å². The summed E-state index contributed by atoms with van der Waals surface area (Å²) in [4.78, 5) is 0. The van der Waals surface area contributed by atoms with Gasteiger partial charge < -0.3 is 5.11 Å². The van der Waals surface area contributed by atoms with Gasteiger partial charge in [-0.25, -0.2) is 0 Å². The van der Waals surface area contributed by atoms with Gasteiger partial charge in [0.1, 0.15) is 0 Å². The highest BCUT2D eigenvalue weighted by atomic mass is 19.0. The minimum Gasteiger partial charge on any atom is -0.397 e. The number of aliphatic hydroxyl groups excluding tert-OH is 1. The van der Waals surface area contributed by atoms with Crippen LogP contribution in [-0.4, -0.2) is 20.1 Å². The van der Waals surface area contributed by atoms with Crippen molar-refractivity contribution >= 4 is 8.41 Å². The van der Waals surface area contributed by atoms with E-state index in [1.807, 2.05) is 0 Å². The summed E-state index contributed by atoms with van der Waals surface area (Å²) in [6, 6.07) is 0. The molecule has 0 amide bonds. The third kappa shape index (κ3) is 1990. The molecule has 0 rings (SSSR count). The van der Waals surface area contributed by atoms with E-state index in [2.05, 4.69) is 0 Å². The van der Waals surface area contributed by atoms with Crippen molar-refractivity contribution in [1.29, 1.82) is 0 Å². The number of aliphatic hydroxyl groups is 1. The maximum atomic E-state index is 7.57. The van der Waals surface area contributed by atoms with Gasteiger partial charge in [-0.1, -0.05) is 0 Å². The molecule has 0 radical (unpaired) electrons. The van der Waals surface area contributed by atoms with Gasteiger partial charge in [-0.3, -0.25) is 18.8 Å². The van der Waals surface area contributed by atoms with Crippen LogP contribution in [0.1, 0.15) is 6.92 Å². The van der Waals surface area contributed by atoms with Crippen LogP contribution in [0.2, 0.25) is 0 Å². The van der Waals surface area contributed by atoms with Crippen molar-refractivity contribution in [3.05, 3.63) is 0 Å². The number of rotatable bonds is 0. The fraction of sp³-hybridized carbons (Fsp3) is 1.00. The van der Waals surface area contributed by atoms with Gasteiger partial charge >= 0.3 is 0 Å². The third-order valence-electron chi connectivity index (χ3n) is 0. The fourth-order valence-electron chi connectivity index (χ4n) is 0. The Bertz CT molecular complexity index is 14.0. The van der Waals surface area contributed by atoms with Gasteiger partial charge in [0.2, 0.25) is 0 Å². The van der Waals surface area contributed by atoms with Crippen LogP contribution in [0.25, 0.3) is 0 Å². The minimum absolute atomic E-state index is 0. The lowest BCUT2D eigenvalue weighted by Crippen LogP contribution is -1.57. The molecule has 0 spiro atoms. The molecule has 0 atom stereocenters. The number of hydrogen-bond donors (Lipinski definition) is 1. The second-order valence-corrected chi connectivity index (χ2v) is 0.316. The monoisotopic (exact) mass is 140 g/mol. The summed E-state index contributed by atoms with van der Waals surface area (Å²) < 4.78 is 0. The highest BCUT2D eigenvalue weighted by Gasteiger charge is 1.34. The van der Waals surface area contributed by atoms with E-state index < -0.39 is 0 Å². The highest BCUT2D eigenvalue weighted by Crippen LogP contribution is 1.30. The van der Waals surface area contributed by atoms with E-state index in [0.29, 0.717) is 0 Å². The first-order chi connectivity index (χ1) is 1.41. The van der Waals surface area contributed by atoms with Crippen LogP contribution in [0.15, 0.2) is 0 Å². The maximum Gasteiger partial charge on any atom is 0.0814 e. The largest absolute Gasteiger partial charge is 0.397 e. The molecule has 1 nitrogen and oxygen atoms in total. The average Bonchev–Trinajstić information content (AvgIpc) is 0.918. The Hall–Kier alpha value is -0.255. The topological polar surface area (TPSA) is 20.2 Å². The smallest absolute Gasteiger partial charge is 0.0814 e. The van der Waals surface area contributed by atoms with Crippen LogP contribution in [0.3, 0.4) is 0 Å². The van der Waals surface area contributed by atoms with Crippen LogP contribution >= 0.6 is 0 Å². The molecule has 8 heavy (non-hydrogen) atoms. The van der Waals surface area contributed by atoms with E-state index in [1.165, 1.54) is 0 Å². The predicted octanol–water partition coefficient (Wildman–Crippen LogP) is -0.575. The second-order valence-electron chi connectivity index (χ2n) is 0.316. The average molecular weight is 140 g/mol. The van der Waals surface area contributed by atoms with E-state index in [9.17, 15) is 0 Å². The molecule has 0 aliphatic carbocycles. The number of hydrogen-bond acceptors (Lipinski definition) is 1. The zero-order valence-electron chi connectivity index (χ0n) is 3.79. The van der Waals surface area contributed by atoms with Crippen molar-refractivity contribution in [3.8, 4) is 0 Å². The zero-order chi connectivity index (χ0) is 2.71. The van der Waals surface area contributed by atoms with Gasteiger partial charge in [-0.2, -0.15) is 0 Å². The van der Waals surface area contributed by atoms with E-state index >= 15 is 0 Å². The quantitative estimate of drug-likeness (QED) is 0.352. The standard InChI is InChI=1S/C2H6O.BH3.4FH/c1-2-3;;;;;/h3H,2H2,1H3;1H3;4*1H. The van der Waals surface area contributed by atoms with Crippen molar-refractivity contribution < 1.29 is 23.9 Å². The Balaban J connectivity index is -0.00000000200. The molecule has 0 aliphatic heterocycles. The second kappa shape index (κ2) is 401. The Morgan fingerprint density at radius 2 is 1.00 bits per heavy atom. The van der Waals surface area contributed by atoms with Crippen molar-refractivity contribution in [2.45, 2.75) is 6.92 Å². The van der Waals surface area contributed by atoms with Gasteiger partial charge in [-0.15, -0.1) is 0 Å². The van der Waals surface area contributed by atoms with Crippen LogP contribution in [0.5, 0.6) is 0 Å². The summed E-state index contributed by atoms with van der Waals surface area (Å²) in [6.45, 7) is 1.93. The van der Waals surface area contributed by atoms with Crippen molar-refractivity contribution in [2.75, 3.05) is 6.61 Å². The van der Waals surface area contributed by atoms with Crippen molar-refractivity contribution in [2.24, 2.45) is 0 Å². The Labute approximate surface area is 47.1 Å². The van der Waals surface area contributed by atoms with E-state index in [0.717, 1.165) is 0 Å². The van der Waals surface area contributed by atoms with Gasteiger partial charge in [0.25, 0.3) is 0 Å². The molecule has 6 heteroatoms. The predicted molar refractivity (Wildman–Crippen MR) is 32.7 cm³/mol. The first kappa shape index (κ1) is 116. The molecule has 0 aromatic carbocycles.